The Labute approximate surface area is 185 Å². The SMILES string of the molecule is O=C(CSc1ccc(Cl)cc1)NCCOc1ccc(S(=O)(=O)N2CCOCC2)cc1. The minimum atomic E-state index is -3.52. The molecule has 0 unspecified atom stereocenters. The molecule has 2 aromatic rings. The number of ether oxygens (including phenoxy) is 2. The third kappa shape index (κ3) is 6.61. The van der Waals surface area contributed by atoms with Crippen LogP contribution < -0.4 is 10.1 Å². The van der Waals surface area contributed by atoms with Gasteiger partial charge < -0.3 is 14.8 Å². The van der Waals surface area contributed by atoms with Gasteiger partial charge >= 0.3 is 0 Å². The summed E-state index contributed by atoms with van der Waals surface area (Å²) < 4.78 is 37.4. The van der Waals surface area contributed by atoms with Crippen molar-refractivity contribution in [1.82, 2.24) is 9.62 Å². The first kappa shape index (κ1) is 22.9. The summed E-state index contributed by atoms with van der Waals surface area (Å²) >= 11 is 7.26. The number of hydrogen-bond donors (Lipinski definition) is 1. The van der Waals surface area contributed by atoms with E-state index in [1.54, 1.807) is 24.3 Å². The smallest absolute Gasteiger partial charge is 0.243 e. The second-order valence-electron chi connectivity index (χ2n) is 6.43. The number of halogens is 1. The molecule has 30 heavy (non-hydrogen) atoms. The maximum absolute atomic E-state index is 12.6. The molecule has 3 rings (SSSR count). The molecular weight excluding hydrogens is 448 g/mol. The zero-order valence-corrected chi connectivity index (χ0v) is 18.6. The number of sulfonamides is 1. The van der Waals surface area contributed by atoms with E-state index in [-0.39, 0.29) is 17.4 Å². The van der Waals surface area contributed by atoms with Gasteiger partial charge in [0.15, 0.2) is 0 Å². The molecule has 1 aliphatic rings. The quantitative estimate of drug-likeness (QED) is 0.448. The van der Waals surface area contributed by atoms with E-state index in [0.717, 1.165) is 4.90 Å². The van der Waals surface area contributed by atoms with Gasteiger partial charge in [-0.15, -0.1) is 11.8 Å². The van der Waals surface area contributed by atoms with Crippen molar-refractivity contribution < 1.29 is 22.7 Å². The van der Waals surface area contributed by atoms with Crippen LogP contribution in [0, 0.1) is 0 Å². The van der Waals surface area contributed by atoms with Crippen molar-refractivity contribution in [1.29, 1.82) is 0 Å². The lowest BCUT2D eigenvalue weighted by Gasteiger charge is -2.26. The fourth-order valence-electron chi connectivity index (χ4n) is 2.73. The first-order valence-corrected chi connectivity index (χ1v) is 12.2. The van der Waals surface area contributed by atoms with Gasteiger partial charge in [0.05, 0.1) is 30.4 Å². The van der Waals surface area contributed by atoms with E-state index in [0.29, 0.717) is 49.4 Å². The number of nitrogens with zero attached hydrogens (tertiary/aromatic N) is 1. The molecule has 1 N–H and O–H groups in total. The van der Waals surface area contributed by atoms with Crippen LogP contribution >= 0.6 is 23.4 Å². The van der Waals surface area contributed by atoms with Gasteiger partial charge in [-0.05, 0) is 48.5 Å². The molecule has 1 fully saturated rings. The van der Waals surface area contributed by atoms with Gasteiger partial charge in [0.25, 0.3) is 0 Å². The van der Waals surface area contributed by atoms with E-state index in [2.05, 4.69) is 5.32 Å². The molecule has 0 bridgehead atoms. The average Bonchev–Trinajstić information content (AvgIpc) is 2.77. The highest BCUT2D eigenvalue weighted by molar-refractivity contribution is 8.00. The van der Waals surface area contributed by atoms with Crippen LogP contribution in [-0.4, -0.2) is 63.8 Å². The Balaban J connectivity index is 1.38. The fraction of sp³-hybridized carbons (Fsp3) is 0.350. The summed E-state index contributed by atoms with van der Waals surface area (Å²) in [6.45, 7) is 2.17. The highest BCUT2D eigenvalue weighted by atomic mass is 35.5. The lowest BCUT2D eigenvalue weighted by molar-refractivity contribution is -0.118. The van der Waals surface area contributed by atoms with Crippen LogP contribution in [0.25, 0.3) is 0 Å². The van der Waals surface area contributed by atoms with Crippen LogP contribution in [0.15, 0.2) is 58.3 Å². The number of nitrogens with one attached hydrogen (secondary N) is 1. The molecule has 1 saturated heterocycles. The van der Waals surface area contributed by atoms with Gasteiger partial charge in [0.2, 0.25) is 15.9 Å². The Bertz CT molecular complexity index is 931. The third-order valence-corrected chi connectivity index (χ3v) is 7.48. The number of amides is 1. The number of carbonyl (C=O) groups is 1. The van der Waals surface area contributed by atoms with Crippen LogP contribution in [-0.2, 0) is 19.6 Å². The molecule has 7 nitrogen and oxygen atoms in total. The van der Waals surface area contributed by atoms with E-state index < -0.39 is 10.0 Å². The molecule has 2 aromatic carbocycles. The summed E-state index contributed by atoms with van der Waals surface area (Å²) in [6.07, 6.45) is 0. The van der Waals surface area contributed by atoms with Crippen molar-refractivity contribution in [3.8, 4) is 5.75 Å². The summed E-state index contributed by atoms with van der Waals surface area (Å²) in [5, 5.41) is 3.45. The van der Waals surface area contributed by atoms with E-state index in [1.165, 1.54) is 28.2 Å². The normalized spacial score (nSPS) is 15.0. The van der Waals surface area contributed by atoms with Crippen molar-refractivity contribution in [2.75, 3.05) is 45.2 Å². The van der Waals surface area contributed by atoms with Crippen LogP contribution in [0.1, 0.15) is 0 Å². The molecule has 0 spiro atoms. The molecule has 162 valence electrons. The molecule has 0 radical (unpaired) electrons. The van der Waals surface area contributed by atoms with Crippen LogP contribution in [0.2, 0.25) is 5.02 Å². The summed E-state index contributed by atoms with van der Waals surface area (Å²) in [6, 6.07) is 13.6. The molecular formula is C20H23ClN2O5S2. The number of thioether (sulfide) groups is 1. The van der Waals surface area contributed by atoms with Crippen molar-refractivity contribution in [2.24, 2.45) is 0 Å². The number of carbonyl (C=O) groups excluding carboxylic acids is 1. The van der Waals surface area contributed by atoms with E-state index >= 15 is 0 Å². The zero-order chi connectivity index (χ0) is 21.4. The average molecular weight is 471 g/mol. The molecule has 0 atom stereocenters. The highest BCUT2D eigenvalue weighted by Crippen LogP contribution is 2.21. The Hall–Kier alpha value is -1.78. The Morgan fingerprint density at radius 2 is 1.77 bits per heavy atom. The molecule has 1 heterocycles. The van der Waals surface area contributed by atoms with Gasteiger partial charge in [0.1, 0.15) is 12.4 Å². The van der Waals surface area contributed by atoms with Crippen LogP contribution in [0.4, 0.5) is 0 Å². The Morgan fingerprint density at radius 1 is 1.10 bits per heavy atom. The van der Waals surface area contributed by atoms with Crippen molar-refractivity contribution in [3.63, 3.8) is 0 Å². The minimum Gasteiger partial charge on any atom is -0.492 e. The largest absolute Gasteiger partial charge is 0.492 e. The lowest BCUT2D eigenvalue weighted by Crippen LogP contribution is -2.40. The zero-order valence-electron chi connectivity index (χ0n) is 16.3. The number of morpholine rings is 1. The minimum absolute atomic E-state index is 0.0921. The fourth-order valence-corrected chi connectivity index (χ4v) is 5.00. The predicted molar refractivity (Wildman–Crippen MR) is 117 cm³/mol. The monoisotopic (exact) mass is 470 g/mol. The standard InChI is InChI=1S/C20H23ClN2O5S2/c21-16-1-5-18(6-2-16)29-15-20(24)22-9-12-28-17-3-7-19(8-4-17)30(25,26)23-10-13-27-14-11-23/h1-8H,9-15H2,(H,22,24). The molecule has 0 aliphatic carbocycles. The second kappa shape index (κ2) is 11.0. The first-order valence-electron chi connectivity index (χ1n) is 9.41. The van der Waals surface area contributed by atoms with E-state index in [1.807, 2.05) is 12.1 Å². The highest BCUT2D eigenvalue weighted by Gasteiger charge is 2.26. The number of rotatable bonds is 9. The van der Waals surface area contributed by atoms with Gasteiger partial charge in [-0.3, -0.25) is 4.79 Å². The Kier molecular flexibility index (Phi) is 8.41. The van der Waals surface area contributed by atoms with Crippen LogP contribution in [0.3, 0.4) is 0 Å². The topological polar surface area (TPSA) is 84.9 Å². The Morgan fingerprint density at radius 3 is 2.43 bits per heavy atom. The maximum Gasteiger partial charge on any atom is 0.243 e. The van der Waals surface area contributed by atoms with E-state index in [4.69, 9.17) is 21.1 Å². The first-order chi connectivity index (χ1) is 14.4. The maximum atomic E-state index is 12.6. The second-order valence-corrected chi connectivity index (χ2v) is 9.85. The summed E-state index contributed by atoms with van der Waals surface area (Å²) in [4.78, 5) is 13.1. The molecule has 0 saturated carbocycles. The third-order valence-electron chi connectivity index (χ3n) is 4.31. The molecule has 1 aliphatic heterocycles. The predicted octanol–water partition coefficient (Wildman–Crippen LogP) is 2.65. The van der Waals surface area contributed by atoms with Crippen molar-refractivity contribution >= 4 is 39.3 Å². The molecule has 0 aromatic heterocycles. The van der Waals surface area contributed by atoms with Gasteiger partial charge in [0, 0.05) is 23.0 Å². The van der Waals surface area contributed by atoms with Crippen LogP contribution in [0.5, 0.6) is 5.75 Å². The van der Waals surface area contributed by atoms with Gasteiger partial charge in [-0.2, -0.15) is 4.31 Å². The van der Waals surface area contributed by atoms with Crippen molar-refractivity contribution in [3.05, 3.63) is 53.6 Å². The van der Waals surface area contributed by atoms with Gasteiger partial charge in [-0.1, -0.05) is 11.6 Å². The molecule has 10 heteroatoms. The number of hydrogen-bond acceptors (Lipinski definition) is 6. The summed E-state index contributed by atoms with van der Waals surface area (Å²) in [7, 11) is -3.52. The van der Waals surface area contributed by atoms with E-state index in [9.17, 15) is 13.2 Å². The van der Waals surface area contributed by atoms with Gasteiger partial charge in [-0.25, -0.2) is 8.42 Å². The summed E-state index contributed by atoms with van der Waals surface area (Å²) in [5.74, 6) is 0.752. The number of benzene rings is 2. The summed E-state index contributed by atoms with van der Waals surface area (Å²) in [5.41, 5.74) is 0. The lowest BCUT2D eigenvalue weighted by atomic mass is 10.3. The van der Waals surface area contributed by atoms with Crippen molar-refractivity contribution in [2.45, 2.75) is 9.79 Å². The molecule has 1 amide bonds.